The third-order valence-electron chi connectivity index (χ3n) is 3.21. The van der Waals surface area contributed by atoms with Crippen molar-refractivity contribution in [2.75, 3.05) is 26.8 Å². The Hall–Kier alpha value is -1.85. The molecule has 112 valence electrons. The first-order valence-corrected chi connectivity index (χ1v) is 7.69. The fraction of sp³-hybridized carbons (Fsp3) is 0.312. The zero-order valence-corrected chi connectivity index (χ0v) is 12.8. The molecule has 0 radical (unpaired) electrons. The number of aliphatic hydroxyl groups is 1. The number of thiophene rings is 1. The van der Waals surface area contributed by atoms with E-state index in [9.17, 15) is 9.90 Å². The summed E-state index contributed by atoms with van der Waals surface area (Å²) in [6, 6.07) is 11.8. The second kappa shape index (κ2) is 7.81. The van der Waals surface area contributed by atoms with Crippen LogP contribution in [0.5, 0.6) is 5.75 Å². The smallest absolute Gasteiger partial charge is 0.267 e. The van der Waals surface area contributed by atoms with E-state index in [1.807, 2.05) is 35.7 Å². The Morgan fingerprint density at radius 2 is 2.00 bits per heavy atom. The monoisotopic (exact) mass is 305 g/mol. The van der Waals surface area contributed by atoms with E-state index in [1.165, 1.54) is 16.9 Å². The van der Waals surface area contributed by atoms with E-state index in [2.05, 4.69) is 0 Å². The van der Waals surface area contributed by atoms with Gasteiger partial charge in [-0.2, -0.15) is 0 Å². The summed E-state index contributed by atoms with van der Waals surface area (Å²) in [5.74, 6) is 0.500. The van der Waals surface area contributed by atoms with Gasteiger partial charge in [-0.3, -0.25) is 4.79 Å². The molecule has 1 heterocycles. The Balaban J connectivity index is 2.06. The summed E-state index contributed by atoms with van der Waals surface area (Å²) in [5.41, 5.74) is 1.17. The largest absolute Gasteiger partial charge is 0.495 e. The van der Waals surface area contributed by atoms with Crippen LogP contribution >= 0.6 is 11.3 Å². The molecule has 0 aliphatic heterocycles. The molecule has 0 saturated heterocycles. The first-order valence-electron chi connectivity index (χ1n) is 6.81. The Morgan fingerprint density at radius 3 is 2.67 bits per heavy atom. The molecule has 0 unspecified atom stereocenters. The molecule has 0 bridgehead atoms. The van der Waals surface area contributed by atoms with E-state index < -0.39 is 0 Å². The van der Waals surface area contributed by atoms with Gasteiger partial charge in [0.25, 0.3) is 5.91 Å². The number of amides is 1. The number of nitrogens with zero attached hydrogens (tertiary/aromatic N) is 1. The Morgan fingerprint density at radius 1 is 1.24 bits per heavy atom. The summed E-state index contributed by atoms with van der Waals surface area (Å²) >= 11 is 1.36. The van der Waals surface area contributed by atoms with Crippen molar-refractivity contribution in [3.8, 4) is 5.75 Å². The zero-order valence-electron chi connectivity index (χ0n) is 12.0. The molecule has 2 aromatic rings. The number of benzene rings is 1. The number of rotatable bonds is 7. The van der Waals surface area contributed by atoms with Crippen molar-refractivity contribution in [1.29, 1.82) is 0 Å². The molecule has 1 aromatic carbocycles. The van der Waals surface area contributed by atoms with Gasteiger partial charge in [0.15, 0.2) is 0 Å². The van der Waals surface area contributed by atoms with E-state index in [-0.39, 0.29) is 12.5 Å². The summed E-state index contributed by atoms with van der Waals surface area (Å²) < 4.78 is 5.20. The minimum absolute atomic E-state index is 0.0474. The third kappa shape index (κ3) is 4.06. The second-order valence-corrected chi connectivity index (χ2v) is 5.49. The number of carbonyl (C=O) groups excluding carboxylic acids is 1. The molecular formula is C16H19NO3S. The normalized spacial score (nSPS) is 10.4. The standard InChI is InChI=1S/C16H19NO3S/c1-20-14-8-12-21-15(14)16(19)17(10-11-18)9-7-13-5-3-2-4-6-13/h2-6,8,12,18H,7,9-11H2,1H3. The maximum atomic E-state index is 12.5. The molecule has 21 heavy (non-hydrogen) atoms. The van der Waals surface area contributed by atoms with Crippen molar-refractivity contribution < 1.29 is 14.6 Å². The fourth-order valence-electron chi connectivity index (χ4n) is 2.10. The molecule has 1 amide bonds. The maximum Gasteiger partial charge on any atom is 0.267 e. The SMILES string of the molecule is COc1ccsc1C(=O)N(CCO)CCc1ccccc1. The van der Waals surface area contributed by atoms with Crippen molar-refractivity contribution in [1.82, 2.24) is 4.90 Å². The molecule has 0 atom stereocenters. The minimum Gasteiger partial charge on any atom is -0.495 e. The van der Waals surface area contributed by atoms with Gasteiger partial charge in [0.05, 0.1) is 13.7 Å². The molecule has 0 aliphatic rings. The van der Waals surface area contributed by atoms with E-state index in [0.29, 0.717) is 23.7 Å². The van der Waals surface area contributed by atoms with Gasteiger partial charge in [-0.15, -0.1) is 11.3 Å². The predicted octanol–water partition coefficient (Wildman–Crippen LogP) is 2.43. The van der Waals surface area contributed by atoms with Gasteiger partial charge in [0, 0.05) is 13.1 Å². The maximum absolute atomic E-state index is 12.5. The number of ether oxygens (including phenoxy) is 1. The minimum atomic E-state index is -0.0909. The van der Waals surface area contributed by atoms with Gasteiger partial charge in [-0.1, -0.05) is 30.3 Å². The number of carbonyl (C=O) groups is 1. The van der Waals surface area contributed by atoms with Gasteiger partial charge in [-0.25, -0.2) is 0 Å². The molecule has 0 fully saturated rings. The van der Waals surface area contributed by atoms with Crippen LogP contribution in [0.2, 0.25) is 0 Å². The quantitative estimate of drug-likeness (QED) is 0.855. The van der Waals surface area contributed by atoms with Gasteiger partial charge in [-0.05, 0) is 23.4 Å². The number of methoxy groups -OCH3 is 1. The van der Waals surface area contributed by atoms with Crippen LogP contribution in [0.3, 0.4) is 0 Å². The highest BCUT2D eigenvalue weighted by Crippen LogP contribution is 2.26. The van der Waals surface area contributed by atoms with Crippen molar-refractivity contribution in [2.24, 2.45) is 0 Å². The molecule has 1 N–H and O–H groups in total. The lowest BCUT2D eigenvalue weighted by Crippen LogP contribution is -2.35. The van der Waals surface area contributed by atoms with Gasteiger partial charge >= 0.3 is 0 Å². The van der Waals surface area contributed by atoms with Crippen LogP contribution < -0.4 is 4.74 Å². The van der Waals surface area contributed by atoms with E-state index in [0.717, 1.165) is 6.42 Å². The van der Waals surface area contributed by atoms with Gasteiger partial charge < -0.3 is 14.7 Å². The van der Waals surface area contributed by atoms with Gasteiger partial charge in [0.2, 0.25) is 0 Å². The number of aliphatic hydroxyl groups excluding tert-OH is 1. The van der Waals surface area contributed by atoms with Crippen molar-refractivity contribution in [3.05, 3.63) is 52.2 Å². The van der Waals surface area contributed by atoms with Crippen molar-refractivity contribution in [2.45, 2.75) is 6.42 Å². The predicted molar refractivity (Wildman–Crippen MR) is 84.0 cm³/mol. The molecular weight excluding hydrogens is 286 g/mol. The van der Waals surface area contributed by atoms with Crippen LogP contribution in [0.4, 0.5) is 0 Å². The number of hydrogen-bond donors (Lipinski definition) is 1. The van der Waals surface area contributed by atoms with Crippen LogP contribution in [0.1, 0.15) is 15.2 Å². The molecule has 4 nitrogen and oxygen atoms in total. The molecule has 5 heteroatoms. The van der Waals surface area contributed by atoms with Crippen molar-refractivity contribution in [3.63, 3.8) is 0 Å². The Labute approximate surface area is 128 Å². The Kier molecular flexibility index (Phi) is 5.78. The average molecular weight is 305 g/mol. The average Bonchev–Trinajstić information content (AvgIpc) is 3.00. The highest BCUT2D eigenvalue weighted by atomic mass is 32.1. The van der Waals surface area contributed by atoms with Crippen LogP contribution in [0, 0.1) is 0 Å². The lowest BCUT2D eigenvalue weighted by Gasteiger charge is -2.21. The third-order valence-corrected chi connectivity index (χ3v) is 4.10. The van der Waals surface area contributed by atoms with Gasteiger partial charge in [0.1, 0.15) is 10.6 Å². The molecule has 2 rings (SSSR count). The lowest BCUT2D eigenvalue weighted by molar-refractivity contribution is 0.0726. The summed E-state index contributed by atoms with van der Waals surface area (Å²) in [6.45, 7) is 0.853. The van der Waals surface area contributed by atoms with Crippen molar-refractivity contribution >= 4 is 17.2 Å². The first-order chi connectivity index (χ1) is 10.3. The summed E-state index contributed by atoms with van der Waals surface area (Å²) in [5, 5.41) is 11.0. The van der Waals surface area contributed by atoms with E-state index in [1.54, 1.807) is 18.1 Å². The highest BCUT2D eigenvalue weighted by Gasteiger charge is 2.20. The molecule has 1 aromatic heterocycles. The fourth-order valence-corrected chi connectivity index (χ4v) is 2.93. The highest BCUT2D eigenvalue weighted by molar-refractivity contribution is 7.12. The summed E-state index contributed by atoms with van der Waals surface area (Å²) in [6.07, 6.45) is 0.764. The Bertz CT molecular complexity index is 568. The number of hydrogen-bond acceptors (Lipinski definition) is 4. The zero-order chi connectivity index (χ0) is 15.1. The molecule has 0 saturated carbocycles. The molecule has 0 aliphatic carbocycles. The lowest BCUT2D eigenvalue weighted by atomic mass is 10.1. The summed E-state index contributed by atoms with van der Waals surface area (Å²) in [7, 11) is 1.55. The topological polar surface area (TPSA) is 49.8 Å². The summed E-state index contributed by atoms with van der Waals surface area (Å²) in [4.78, 5) is 14.8. The first kappa shape index (κ1) is 15.5. The van der Waals surface area contributed by atoms with Crippen LogP contribution in [-0.4, -0.2) is 42.7 Å². The van der Waals surface area contributed by atoms with E-state index in [4.69, 9.17) is 4.74 Å². The second-order valence-electron chi connectivity index (χ2n) is 4.57. The van der Waals surface area contributed by atoms with Crippen LogP contribution in [0.15, 0.2) is 41.8 Å². The van der Waals surface area contributed by atoms with Crippen LogP contribution in [-0.2, 0) is 6.42 Å². The molecule has 0 spiro atoms. The van der Waals surface area contributed by atoms with Crippen LogP contribution in [0.25, 0.3) is 0 Å². The van der Waals surface area contributed by atoms with E-state index >= 15 is 0 Å².